The van der Waals surface area contributed by atoms with Crippen LogP contribution in [0.4, 0.5) is 0 Å². The number of hydrogen-bond donors (Lipinski definition) is 1. The van der Waals surface area contributed by atoms with Crippen molar-refractivity contribution >= 4 is 0 Å². The SMILES string of the molecule is CCNCc1cccc(Oc2cc(C)cc(C)c2)c1. The van der Waals surface area contributed by atoms with Crippen LogP contribution in [-0.4, -0.2) is 6.54 Å². The lowest BCUT2D eigenvalue weighted by Gasteiger charge is -2.09. The molecule has 0 saturated heterocycles. The van der Waals surface area contributed by atoms with Crippen LogP contribution in [0.15, 0.2) is 42.5 Å². The van der Waals surface area contributed by atoms with Gasteiger partial charge < -0.3 is 10.1 Å². The van der Waals surface area contributed by atoms with E-state index in [1.165, 1.54) is 16.7 Å². The van der Waals surface area contributed by atoms with Gasteiger partial charge in [-0.1, -0.05) is 25.1 Å². The van der Waals surface area contributed by atoms with Crippen molar-refractivity contribution < 1.29 is 4.74 Å². The topological polar surface area (TPSA) is 21.3 Å². The van der Waals surface area contributed by atoms with Crippen LogP contribution < -0.4 is 10.1 Å². The molecule has 0 aromatic heterocycles. The third-order valence-corrected chi connectivity index (χ3v) is 2.91. The Morgan fingerprint density at radius 3 is 2.37 bits per heavy atom. The van der Waals surface area contributed by atoms with Gasteiger partial charge in [0.25, 0.3) is 0 Å². The number of benzene rings is 2. The Kier molecular flexibility index (Phi) is 4.58. The molecule has 0 bridgehead atoms. The number of hydrogen-bond acceptors (Lipinski definition) is 2. The van der Waals surface area contributed by atoms with Crippen LogP contribution in [0.25, 0.3) is 0 Å². The Balaban J connectivity index is 2.13. The van der Waals surface area contributed by atoms with Crippen LogP contribution in [0.5, 0.6) is 11.5 Å². The largest absolute Gasteiger partial charge is 0.457 e. The van der Waals surface area contributed by atoms with E-state index in [0.717, 1.165) is 24.6 Å². The lowest BCUT2D eigenvalue weighted by atomic mass is 10.1. The summed E-state index contributed by atoms with van der Waals surface area (Å²) < 4.78 is 5.93. The van der Waals surface area contributed by atoms with Crippen molar-refractivity contribution in [1.29, 1.82) is 0 Å². The van der Waals surface area contributed by atoms with Gasteiger partial charge >= 0.3 is 0 Å². The van der Waals surface area contributed by atoms with E-state index in [1.807, 2.05) is 12.1 Å². The maximum atomic E-state index is 5.93. The molecule has 2 rings (SSSR count). The number of rotatable bonds is 5. The first-order valence-corrected chi connectivity index (χ1v) is 6.73. The summed E-state index contributed by atoms with van der Waals surface area (Å²) in [6.45, 7) is 8.13. The molecule has 0 aliphatic carbocycles. The molecule has 100 valence electrons. The van der Waals surface area contributed by atoms with Gasteiger partial charge in [-0.2, -0.15) is 0 Å². The van der Waals surface area contributed by atoms with Crippen molar-refractivity contribution in [2.75, 3.05) is 6.54 Å². The first kappa shape index (κ1) is 13.6. The highest BCUT2D eigenvalue weighted by Crippen LogP contribution is 2.24. The van der Waals surface area contributed by atoms with Crippen molar-refractivity contribution in [3.05, 3.63) is 59.2 Å². The molecule has 0 aliphatic rings. The first-order chi connectivity index (χ1) is 9.17. The minimum absolute atomic E-state index is 0.876. The van der Waals surface area contributed by atoms with E-state index >= 15 is 0 Å². The maximum absolute atomic E-state index is 5.93. The second kappa shape index (κ2) is 6.39. The monoisotopic (exact) mass is 255 g/mol. The molecule has 0 heterocycles. The van der Waals surface area contributed by atoms with E-state index in [2.05, 4.69) is 56.4 Å². The number of ether oxygens (including phenoxy) is 1. The number of nitrogens with one attached hydrogen (secondary N) is 1. The summed E-state index contributed by atoms with van der Waals surface area (Å²) in [5.74, 6) is 1.79. The average molecular weight is 255 g/mol. The zero-order chi connectivity index (χ0) is 13.7. The van der Waals surface area contributed by atoms with Crippen molar-refractivity contribution in [1.82, 2.24) is 5.32 Å². The van der Waals surface area contributed by atoms with Gasteiger partial charge in [-0.05, 0) is 61.3 Å². The third kappa shape index (κ3) is 4.11. The lowest BCUT2D eigenvalue weighted by Crippen LogP contribution is -2.11. The molecule has 0 amide bonds. The Bertz CT molecular complexity index is 528. The second-order valence-corrected chi connectivity index (χ2v) is 4.85. The van der Waals surface area contributed by atoms with E-state index < -0.39 is 0 Å². The minimum Gasteiger partial charge on any atom is -0.457 e. The number of aryl methyl sites for hydroxylation is 2. The van der Waals surface area contributed by atoms with Gasteiger partial charge in [0.15, 0.2) is 0 Å². The molecule has 2 aromatic rings. The molecule has 0 spiro atoms. The second-order valence-electron chi connectivity index (χ2n) is 4.85. The van der Waals surface area contributed by atoms with Crippen LogP contribution in [0.1, 0.15) is 23.6 Å². The standard InChI is InChI=1S/C17H21NO/c1-4-18-12-15-6-5-7-16(11-15)19-17-9-13(2)8-14(3)10-17/h5-11,18H,4,12H2,1-3H3. The molecule has 2 aromatic carbocycles. The van der Waals surface area contributed by atoms with E-state index in [0.29, 0.717) is 0 Å². The van der Waals surface area contributed by atoms with Gasteiger partial charge in [-0.25, -0.2) is 0 Å². The molecule has 2 heteroatoms. The summed E-state index contributed by atoms with van der Waals surface area (Å²) in [4.78, 5) is 0. The smallest absolute Gasteiger partial charge is 0.127 e. The molecular weight excluding hydrogens is 234 g/mol. The predicted molar refractivity (Wildman–Crippen MR) is 79.8 cm³/mol. The van der Waals surface area contributed by atoms with E-state index in [-0.39, 0.29) is 0 Å². The lowest BCUT2D eigenvalue weighted by molar-refractivity contribution is 0.481. The van der Waals surface area contributed by atoms with E-state index in [1.54, 1.807) is 0 Å². The molecule has 0 atom stereocenters. The van der Waals surface area contributed by atoms with Crippen molar-refractivity contribution in [2.24, 2.45) is 0 Å². The van der Waals surface area contributed by atoms with Gasteiger partial charge in [0.05, 0.1) is 0 Å². The van der Waals surface area contributed by atoms with E-state index in [9.17, 15) is 0 Å². The molecule has 2 nitrogen and oxygen atoms in total. The van der Waals surface area contributed by atoms with Crippen molar-refractivity contribution in [3.63, 3.8) is 0 Å². The summed E-state index contributed by atoms with van der Waals surface area (Å²) in [6.07, 6.45) is 0. The predicted octanol–water partition coefficient (Wildman–Crippen LogP) is 4.21. The maximum Gasteiger partial charge on any atom is 0.127 e. The Labute approximate surface area is 115 Å². The molecule has 19 heavy (non-hydrogen) atoms. The van der Waals surface area contributed by atoms with Crippen LogP contribution in [0.2, 0.25) is 0 Å². The van der Waals surface area contributed by atoms with Crippen molar-refractivity contribution in [3.8, 4) is 11.5 Å². The van der Waals surface area contributed by atoms with Gasteiger partial charge in [-0.3, -0.25) is 0 Å². The van der Waals surface area contributed by atoms with Gasteiger partial charge in [0, 0.05) is 6.54 Å². The average Bonchev–Trinajstić information content (AvgIpc) is 2.35. The molecule has 0 saturated carbocycles. The van der Waals surface area contributed by atoms with Crippen LogP contribution in [-0.2, 0) is 6.54 Å². The van der Waals surface area contributed by atoms with Gasteiger partial charge in [0.2, 0.25) is 0 Å². The fraction of sp³-hybridized carbons (Fsp3) is 0.294. The molecule has 0 radical (unpaired) electrons. The molecule has 0 unspecified atom stereocenters. The fourth-order valence-corrected chi connectivity index (χ4v) is 2.12. The van der Waals surface area contributed by atoms with Crippen molar-refractivity contribution in [2.45, 2.75) is 27.3 Å². The zero-order valence-electron chi connectivity index (χ0n) is 11.9. The summed E-state index contributed by atoms with van der Waals surface area (Å²) in [5.41, 5.74) is 3.68. The summed E-state index contributed by atoms with van der Waals surface area (Å²) >= 11 is 0. The summed E-state index contributed by atoms with van der Waals surface area (Å²) in [7, 11) is 0. The Hall–Kier alpha value is -1.80. The summed E-state index contributed by atoms with van der Waals surface area (Å²) in [5, 5.41) is 3.32. The summed E-state index contributed by atoms with van der Waals surface area (Å²) in [6, 6.07) is 14.5. The highest BCUT2D eigenvalue weighted by Gasteiger charge is 2.01. The zero-order valence-corrected chi connectivity index (χ0v) is 11.9. The normalized spacial score (nSPS) is 10.5. The first-order valence-electron chi connectivity index (χ1n) is 6.73. The Morgan fingerprint density at radius 1 is 0.947 bits per heavy atom. The Morgan fingerprint density at radius 2 is 1.68 bits per heavy atom. The molecule has 0 fully saturated rings. The quantitative estimate of drug-likeness (QED) is 0.864. The van der Waals surface area contributed by atoms with Gasteiger partial charge in [-0.15, -0.1) is 0 Å². The molecule has 1 N–H and O–H groups in total. The molecular formula is C17H21NO. The minimum atomic E-state index is 0.876. The highest BCUT2D eigenvalue weighted by molar-refractivity contribution is 5.38. The highest BCUT2D eigenvalue weighted by atomic mass is 16.5. The molecule has 0 aliphatic heterocycles. The fourth-order valence-electron chi connectivity index (χ4n) is 2.12. The third-order valence-electron chi connectivity index (χ3n) is 2.91. The van der Waals surface area contributed by atoms with Gasteiger partial charge in [0.1, 0.15) is 11.5 Å². The van der Waals surface area contributed by atoms with E-state index in [4.69, 9.17) is 4.74 Å². The van der Waals surface area contributed by atoms with Crippen LogP contribution in [0, 0.1) is 13.8 Å². The van der Waals surface area contributed by atoms with Crippen LogP contribution >= 0.6 is 0 Å². The van der Waals surface area contributed by atoms with Crippen LogP contribution in [0.3, 0.4) is 0 Å².